The molecule has 1 unspecified atom stereocenters. The molecule has 1 aromatic heterocycles. The fourth-order valence-corrected chi connectivity index (χ4v) is 2.51. The number of aromatic nitrogens is 1. The Morgan fingerprint density at radius 3 is 3.00 bits per heavy atom. The highest BCUT2D eigenvalue weighted by Crippen LogP contribution is 2.22. The molecule has 0 aromatic carbocycles. The molecule has 1 aromatic rings. The van der Waals surface area contributed by atoms with E-state index in [9.17, 15) is 9.18 Å². The van der Waals surface area contributed by atoms with Gasteiger partial charge < -0.3 is 14.9 Å². The number of hydrogen-bond donors (Lipinski definition) is 1. The van der Waals surface area contributed by atoms with E-state index in [0.717, 1.165) is 19.5 Å². The van der Waals surface area contributed by atoms with Crippen LogP contribution in [0.15, 0.2) is 12.3 Å². The number of anilines is 1. The summed E-state index contributed by atoms with van der Waals surface area (Å²) < 4.78 is 14.0. The summed E-state index contributed by atoms with van der Waals surface area (Å²) in [5, 5.41) is 8.90. The van der Waals surface area contributed by atoms with Crippen LogP contribution in [0.5, 0.6) is 0 Å². The first kappa shape index (κ1) is 13.7. The number of carboxylic acids is 1. The molecule has 0 aliphatic carbocycles. The molecule has 0 bridgehead atoms. The van der Waals surface area contributed by atoms with Crippen LogP contribution in [0.3, 0.4) is 0 Å². The predicted octanol–water partition coefficient (Wildman–Crippen LogP) is 1.31. The maximum absolute atomic E-state index is 14.0. The minimum atomic E-state index is -1.27. The molecule has 1 aliphatic rings. The molecule has 0 radical (unpaired) electrons. The Hall–Kier alpha value is -1.69. The third-order valence-electron chi connectivity index (χ3n) is 3.48. The van der Waals surface area contributed by atoms with Gasteiger partial charge in [-0.3, -0.25) is 0 Å². The molecule has 0 spiro atoms. The van der Waals surface area contributed by atoms with E-state index < -0.39 is 11.8 Å². The first-order chi connectivity index (χ1) is 8.99. The molecule has 104 valence electrons. The zero-order valence-electron chi connectivity index (χ0n) is 11.1. The molecular weight excluding hydrogens is 249 g/mol. The Bertz CT molecular complexity index is 481. The van der Waals surface area contributed by atoms with Gasteiger partial charge in [-0.25, -0.2) is 14.2 Å². The fraction of sp³-hybridized carbons (Fsp3) is 0.538. The lowest BCUT2D eigenvalue weighted by molar-refractivity contribution is 0.0692. The molecule has 1 atom stereocenters. The SMILES string of the molecule is CN1CCC(CN(C)c2nccc(C(=O)O)c2F)C1. The van der Waals surface area contributed by atoms with Gasteiger partial charge in [-0.2, -0.15) is 0 Å². The maximum atomic E-state index is 14.0. The molecule has 5 nitrogen and oxygen atoms in total. The number of carbonyl (C=O) groups is 1. The van der Waals surface area contributed by atoms with E-state index >= 15 is 0 Å². The van der Waals surface area contributed by atoms with Gasteiger partial charge in [-0.15, -0.1) is 0 Å². The van der Waals surface area contributed by atoms with E-state index in [1.165, 1.54) is 12.3 Å². The van der Waals surface area contributed by atoms with E-state index in [1.54, 1.807) is 11.9 Å². The van der Waals surface area contributed by atoms with Gasteiger partial charge in [0, 0.05) is 26.3 Å². The molecule has 1 N–H and O–H groups in total. The number of carboxylic acid groups (broad SMARTS) is 1. The number of aromatic carboxylic acids is 1. The molecule has 0 saturated carbocycles. The average Bonchev–Trinajstić information content (AvgIpc) is 2.74. The molecule has 1 saturated heterocycles. The highest BCUT2D eigenvalue weighted by molar-refractivity contribution is 5.88. The summed E-state index contributed by atoms with van der Waals surface area (Å²) in [6, 6.07) is 1.18. The Balaban J connectivity index is 2.13. The highest BCUT2D eigenvalue weighted by Gasteiger charge is 2.23. The van der Waals surface area contributed by atoms with Gasteiger partial charge in [-0.1, -0.05) is 0 Å². The Labute approximate surface area is 111 Å². The Kier molecular flexibility index (Phi) is 3.99. The molecular formula is C13H18FN3O2. The number of halogens is 1. The normalized spacial score (nSPS) is 19.6. The molecule has 1 fully saturated rings. The Morgan fingerprint density at radius 2 is 2.42 bits per heavy atom. The van der Waals surface area contributed by atoms with Crippen LogP contribution in [0.1, 0.15) is 16.8 Å². The summed E-state index contributed by atoms with van der Waals surface area (Å²) in [5.74, 6) is -1.46. The van der Waals surface area contributed by atoms with Gasteiger partial charge in [0.1, 0.15) is 5.56 Å². The van der Waals surface area contributed by atoms with E-state index in [0.29, 0.717) is 12.5 Å². The number of rotatable bonds is 4. The smallest absolute Gasteiger partial charge is 0.338 e. The van der Waals surface area contributed by atoms with Crippen LogP contribution in [-0.4, -0.2) is 54.7 Å². The first-order valence-electron chi connectivity index (χ1n) is 6.26. The van der Waals surface area contributed by atoms with Crippen LogP contribution >= 0.6 is 0 Å². The van der Waals surface area contributed by atoms with Crippen LogP contribution in [0.4, 0.5) is 10.2 Å². The van der Waals surface area contributed by atoms with Crippen LogP contribution in [0.2, 0.25) is 0 Å². The van der Waals surface area contributed by atoms with Crippen molar-refractivity contribution in [2.24, 2.45) is 5.92 Å². The number of hydrogen-bond acceptors (Lipinski definition) is 4. The largest absolute Gasteiger partial charge is 0.478 e. The van der Waals surface area contributed by atoms with E-state index in [4.69, 9.17) is 5.11 Å². The molecule has 0 amide bonds. The number of nitrogens with zero attached hydrogens (tertiary/aromatic N) is 3. The van der Waals surface area contributed by atoms with E-state index in [-0.39, 0.29) is 11.4 Å². The molecule has 2 heterocycles. The molecule has 1 aliphatic heterocycles. The zero-order chi connectivity index (χ0) is 14.0. The lowest BCUT2D eigenvalue weighted by Gasteiger charge is -2.22. The summed E-state index contributed by atoms with van der Waals surface area (Å²) in [5.41, 5.74) is -0.333. The van der Waals surface area contributed by atoms with Crippen LogP contribution in [0, 0.1) is 11.7 Å². The third-order valence-corrected chi connectivity index (χ3v) is 3.48. The number of pyridine rings is 1. The van der Waals surface area contributed by atoms with Crippen LogP contribution < -0.4 is 4.90 Å². The minimum absolute atomic E-state index is 0.106. The topological polar surface area (TPSA) is 56.7 Å². The van der Waals surface area contributed by atoms with Gasteiger partial charge in [0.05, 0.1) is 0 Å². The van der Waals surface area contributed by atoms with Gasteiger partial charge in [0.15, 0.2) is 11.6 Å². The van der Waals surface area contributed by atoms with Crippen LogP contribution in [-0.2, 0) is 0 Å². The summed E-state index contributed by atoms with van der Waals surface area (Å²) >= 11 is 0. The highest BCUT2D eigenvalue weighted by atomic mass is 19.1. The van der Waals surface area contributed by atoms with Crippen molar-refractivity contribution in [3.05, 3.63) is 23.6 Å². The number of likely N-dealkylation sites (tertiary alicyclic amines) is 1. The second-order valence-electron chi connectivity index (χ2n) is 5.10. The summed E-state index contributed by atoms with van der Waals surface area (Å²) in [7, 11) is 3.80. The fourth-order valence-electron chi connectivity index (χ4n) is 2.51. The Morgan fingerprint density at radius 1 is 1.68 bits per heavy atom. The van der Waals surface area contributed by atoms with Crippen molar-refractivity contribution in [1.82, 2.24) is 9.88 Å². The third kappa shape index (κ3) is 3.01. The van der Waals surface area contributed by atoms with Crippen LogP contribution in [0.25, 0.3) is 0 Å². The van der Waals surface area contributed by atoms with Crippen molar-refractivity contribution in [3.63, 3.8) is 0 Å². The monoisotopic (exact) mass is 267 g/mol. The second-order valence-corrected chi connectivity index (χ2v) is 5.10. The van der Waals surface area contributed by atoms with Gasteiger partial charge in [0.2, 0.25) is 0 Å². The quantitative estimate of drug-likeness (QED) is 0.891. The summed E-state index contributed by atoms with van der Waals surface area (Å²) in [6.45, 7) is 2.70. The standard InChI is InChI=1S/C13H18FN3O2/c1-16-6-4-9(7-16)8-17(2)12-11(14)10(13(18)19)3-5-15-12/h3,5,9H,4,6-8H2,1-2H3,(H,18,19). The van der Waals surface area contributed by atoms with Crippen molar-refractivity contribution in [3.8, 4) is 0 Å². The minimum Gasteiger partial charge on any atom is -0.478 e. The van der Waals surface area contributed by atoms with Gasteiger partial charge in [0.25, 0.3) is 0 Å². The summed E-state index contributed by atoms with van der Waals surface area (Å²) in [6.07, 6.45) is 2.40. The van der Waals surface area contributed by atoms with Crippen molar-refractivity contribution in [2.45, 2.75) is 6.42 Å². The molecule has 19 heavy (non-hydrogen) atoms. The van der Waals surface area contributed by atoms with Gasteiger partial charge in [-0.05, 0) is 32.0 Å². The lowest BCUT2D eigenvalue weighted by Crippen LogP contribution is -2.29. The summed E-state index contributed by atoms with van der Waals surface area (Å²) in [4.78, 5) is 18.8. The predicted molar refractivity (Wildman–Crippen MR) is 70.0 cm³/mol. The lowest BCUT2D eigenvalue weighted by atomic mass is 10.1. The van der Waals surface area contributed by atoms with Crippen molar-refractivity contribution >= 4 is 11.8 Å². The molecule has 2 rings (SSSR count). The van der Waals surface area contributed by atoms with Crippen molar-refractivity contribution in [1.29, 1.82) is 0 Å². The van der Waals surface area contributed by atoms with Gasteiger partial charge >= 0.3 is 5.97 Å². The average molecular weight is 267 g/mol. The van der Waals surface area contributed by atoms with Crippen molar-refractivity contribution < 1.29 is 14.3 Å². The zero-order valence-corrected chi connectivity index (χ0v) is 11.1. The second kappa shape index (κ2) is 5.52. The van der Waals surface area contributed by atoms with Crippen molar-refractivity contribution in [2.75, 3.05) is 38.6 Å². The first-order valence-corrected chi connectivity index (χ1v) is 6.26. The molecule has 6 heteroatoms. The maximum Gasteiger partial charge on any atom is 0.338 e. The van der Waals surface area contributed by atoms with E-state index in [1.807, 2.05) is 0 Å². The van der Waals surface area contributed by atoms with E-state index in [2.05, 4.69) is 16.9 Å².